The minimum atomic E-state index is -0.249. The zero-order chi connectivity index (χ0) is 9.42. The van der Waals surface area contributed by atoms with Crippen molar-refractivity contribution in [1.29, 1.82) is 0 Å². The zero-order valence-corrected chi connectivity index (χ0v) is 7.75. The highest BCUT2D eigenvalue weighted by Crippen LogP contribution is 2.32. The van der Waals surface area contributed by atoms with Crippen LogP contribution in [0.5, 0.6) is 5.75 Å². The summed E-state index contributed by atoms with van der Waals surface area (Å²) >= 11 is 0. The first-order chi connectivity index (χ1) is 6.16. The zero-order valence-electron chi connectivity index (χ0n) is 7.75. The third kappa shape index (κ3) is 1.46. The predicted octanol–water partition coefficient (Wildman–Crippen LogP) is 2.04. The summed E-state index contributed by atoms with van der Waals surface area (Å²) in [6.07, 6.45) is 0.124. The van der Waals surface area contributed by atoms with Crippen LogP contribution in [-0.2, 0) is 0 Å². The van der Waals surface area contributed by atoms with Crippen molar-refractivity contribution >= 4 is 5.69 Å². The molecule has 1 heterocycles. The molecule has 1 atom stereocenters. The number of fused-ring (bicyclic) bond motifs is 1. The maximum absolute atomic E-state index is 12.9. The van der Waals surface area contributed by atoms with Crippen molar-refractivity contribution in [2.45, 2.75) is 13.0 Å². The van der Waals surface area contributed by atoms with E-state index in [-0.39, 0.29) is 11.9 Å². The Morgan fingerprint density at radius 1 is 1.54 bits per heavy atom. The van der Waals surface area contributed by atoms with Gasteiger partial charge in [-0.15, -0.1) is 0 Å². The first kappa shape index (κ1) is 8.35. The van der Waals surface area contributed by atoms with E-state index < -0.39 is 0 Å². The van der Waals surface area contributed by atoms with Crippen molar-refractivity contribution in [3.63, 3.8) is 0 Å². The molecule has 2 nitrogen and oxygen atoms in total. The van der Waals surface area contributed by atoms with E-state index in [1.807, 2.05) is 14.0 Å². The van der Waals surface area contributed by atoms with E-state index in [4.69, 9.17) is 4.74 Å². The Labute approximate surface area is 76.9 Å². The van der Waals surface area contributed by atoms with Crippen molar-refractivity contribution in [3.8, 4) is 5.75 Å². The molecular formula is C10H12FNO. The topological polar surface area (TPSA) is 12.5 Å². The summed E-state index contributed by atoms with van der Waals surface area (Å²) in [5.41, 5.74) is 0.958. The summed E-state index contributed by atoms with van der Waals surface area (Å²) < 4.78 is 18.4. The van der Waals surface area contributed by atoms with Crippen LogP contribution in [0.1, 0.15) is 6.92 Å². The average molecular weight is 181 g/mol. The fraction of sp³-hybridized carbons (Fsp3) is 0.400. The third-order valence-electron chi connectivity index (χ3n) is 2.19. The van der Waals surface area contributed by atoms with Gasteiger partial charge in [0.05, 0.1) is 12.2 Å². The molecule has 1 unspecified atom stereocenters. The average Bonchev–Trinajstić information content (AvgIpc) is 2.02. The molecule has 13 heavy (non-hydrogen) atoms. The lowest BCUT2D eigenvalue weighted by atomic mass is 10.2. The van der Waals surface area contributed by atoms with Crippen LogP contribution in [0.25, 0.3) is 0 Å². The minimum absolute atomic E-state index is 0.124. The molecule has 0 fully saturated rings. The summed E-state index contributed by atoms with van der Waals surface area (Å²) in [7, 11) is 1.98. The van der Waals surface area contributed by atoms with Crippen LogP contribution in [0.4, 0.5) is 10.1 Å². The molecule has 3 heteroatoms. The van der Waals surface area contributed by atoms with Crippen LogP contribution in [0.2, 0.25) is 0 Å². The summed E-state index contributed by atoms with van der Waals surface area (Å²) in [6.45, 7) is 2.82. The van der Waals surface area contributed by atoms with E-state index in [1.165, 1.54) is 12.1 Å². The van der Waals surface area contributed by atoms with E-state index in [9.17, 15) is 4.39 Å². The molecule has 0 saturated heterocycles. The lowest BCUT2D eigenvalue weighted by Crippen LogP contribution is -2.35. The highest BCUT2D eigenvalue weighted by Gasteiger charge is 2.19. The molecular weight excluding hydrogens is 169 g/mol. The van der Waals surface area contributed by atoms with Gasteiger partial charge < -0.3 is 9.64 Å². The standard InChI is InChI=1S/C10H12FNO/c1-7-6-12(2)9-4-3-8(11)5-10(9)13-7/h3-5,7H,6H2,1-2H3. The second kappa shape index (κ2) is 2.91. The Morgan fingerprint density at radius 2 is 2.31 bits per heavy atom. The van der Waals surface area contributed by atoms with Crippen molar-refractivity contribution in [3.05, 3.63) is 24.0 Å². The van der Waals surface area contributed by atoms with Gasteiger partial charge >= 0.3 is 0 Å². The van der Waals surface area contributed by atoms with Gasteiger partial charge in [0.1, 0.15) is 17.7 Å². The van der Waals surface area contributed by atoms with Gasteiger partial charge in [0.25, 0.3) is 0 Å². The van der Waals surface area contributed by atoms with E-state index in [0.29, 0.717) is 5.75 Å². The summed E-state index contributed by atoms with van der Waals surface area (Å²) in [6, 6.07) is 4.63. The maximum atomic E-state index is 12.9. The number of hydrogen-bond acceptors (Lipinski definition) is 2. The molecule has 0 N–H and O–H groups in total. The highest BCUT2D eigenvalue weighted by molar-refractivity contribution is 5.59. The molecule has 2 rings (SSSR count). The summed E-state index contributed by atoms with van der Waals surface area (Å²) in [4.78, 5) is 2.07. The predicted molar refractivity (Wildman–Crippen MR) is 49.8 cm³/mol. The minimum Gasteiger partial charge on any atom is -0.487 e. The Hall–Kier alpha value is -1.25. The van der Waals surface area contributed by atoms with Crippen molar-refractivity contribution in [2.75, 3.05) is 18.5 Å². The van der Waals surface area contributed by atoms with Crippen LogP contribution in [-0.4, -0.2) is 19.7 Å². The van der Waals surface area contributed by atoms with Crippen molar-refractivity contribution in [2.24, 2.45) is 0 Å². The summed E-state index contributed by atoms with van der Waals surface area (Å²) in [5.74, 6) is 0.391. The Morgan fingerprint density at radius 3 is 3.08 bits per heavy atom. The van der Waals surface area contributed by atoms with Crippen LogP contribution >= 0.6 is 0 Å². The van der Waals surface area contributed by atoms with Gasteiger partial charge in [-0.2, -0.15) is 0 Å². The number of halogens is 1. The number of ether oxygens (including phenoxy) is 1. The number of likely N-dealkylation sites (N-methyl/N-ethyl adjacent to an activating group) is 1. The molecule has 1 aromatic rings. The van der Waals surface area contributed by atoms with E-state index in [2.05, 4.69) is 4.90 Å². The molecule has 1 aromatic carbocycles. The molecule has 0 aliphatic carbocycles. The SMILES string of the molecule is CC1CN(C)c2ccc(F)cc2O1. The number of nitrogens with zero attached hydrogens (tertiary/aromatic N) is 1. The number of rotatable bonds is 0. The van der Waals surface area contributed by atoms with E-state index in [1.54, 1.807) is 6.07 Å². The molecule has 0 radical (unpaired) electrons. The molecule has 0 aromatic heterocycles. The fourth-order valence-electron chi connectivity index (χ4n) is 1.64. The molecule has 1 aliphatic rings. The van der Waals surface area contributed by atoms with Gasteiger partial charge in [-0.05, 0) is 19.1 Å². The number of hydrogen-bond donors (Lipinski definition) is 0. The Bertz CT molecular complexity index is 327. The first-order valence-corrected chi connectivity index (χ1v) is 4.34. The summed E-state index contributed by atoms with van der Waals surface area (Å²) in [5, 5.41) is 0. The Balaban J connectivity index is 2.43. The van der Waals surface area contributed by atoms with E-state index in [0.717, 1.165) is 12.2 Å². The monoisotopic (exact) mass is 181 g/mol. The van der Waals surface area contributed by atoms with Crippen molar-refractivity contribution < 1.29 is 9.13 Å². The fourth-order valence-corrected chi connectivity index (χ4v) is 1.64. The quantitative estimate of drug-likeness (QED) is 0.607. The van der Waals surface area contributed by atoms with Crippen molar-refractivity contribution in [1.82, 2.24) is 0 Å². The highest BCUT2D eigenvalue weighted by atomic mass is 19.1. The first-order valence-electron chi connectivity index (χ1n) is 4.34. The van der Waals surface area contributed by atoms with Crippen LogP contribution in [0, 0.1) is 5.82 Å². The Kier molecular flexibility index (Phi) is 1.87. The third-order valence-corrected chi connectivity index (χ3v) is 2.19. The molecule has 0 saturated carbocycles. The second-order valence-electron chi connectivity index (χ2n) is 3.42. The normalized spacial score (nSPS) is 20.8. The largest absolute Gasteiger partial charge is 0.487 e. The molecule has 0 amide bonds. The van der Waals surface area contributed by atoms with Gasteiger partial charge in [-0.1, -0.05) is 0 Å². The second-order valence-corrected chi connectivity index (χ2v) is 3.42. The molecule has 70 valence electrons. The van der Waals surface area contributed by atoms with Gasteiger partial charge in [-0.25, -0.2) is 4.39 Å². The smallest absolute Gasteiger partial charge is 0.146 e. The number of anilines is 1. The molecule has 0 spiro atoms. The maximum Gasteiger partial charge on any atom is 0.146 e. The van der Waals surface area contributed by atoms with Crippen LogP contribution in [0.15, 0.2) is 18.2 Å². The molecule has 0 bridgehead atoms. The lowest BCUT2D eigenvalue weighted by molar-refractivity contribution is 0.214. The number of benzene rings is 1. The lowest BCUT2D eigenvalue weighted by Gasteiger charge is -2.31. The van der Waals surface area contributed by atoms with Gasteiger partial charge in [0, 0.05) is 13.1 Å². The van der Waals surface area contributed by atoms with Gasteiger partial charge in [0.2, 0.25) is 0 Å². The van der Waals surface area contributed by atoms with Crippen LogP contribution in [0.3, 0.4) is 0 Å². The van der Waals surface area contributed by atoms with Gasteiger partial charge in [-0.3, -0.25) is 0 Å². The van der Waals surface area contributed by atoms with E-state index >= 15 is 0 Å². The van der Waals surface area contributed by atoms with Gasteiger partial charge in [0.15, 0.2) is 0 Å². The molecule has 1 aliphatic heterocycles. The van der Waals surface area contributed by atoms with Crippen LogP contribution < -0.4 is 9.64 Å².